The van der Waals surface area contributed by atoms with Crippen LogP contribution in [-0.2, 0) is 12.7 Å². The number of nitrogens with zero attached hydrogens (tertiary/aromatic N) is 2. The Hall–Kier alpha value is -4.29. The first-order chi connectivity index (χ1) is 18.5. The Labute approximate surface area is 222 Å². The molecule has 5 aromatic rings. The molecule has 1 heterocycles. The third kappa shape index (κ3) is 5.20. The molecule has 39 heavy (non-hydrogen) atoms. The van der Waals surface area contributed by atoms with Crippen LogP contribution in [0.4, 0.5) is 30.7 Å². The summed E-state index contributed by atoms with van der Waals surface area (Å²) in [4.78, 5) is 0. The van der Waals surface area contributed by atoms with Crippen LogP contribution in [0.3, 0.4) is 0 Å². The maximum atomic E-state index is 14.4. The maximum absolute atomic E-state index is 14.4. The Morgan fingerprint density at radius 1 is 0.821 bits per heavy atom. The zero-order valence-electron chi connectivity index (χ0n) is 19.6. The van der Waals surface area contributed by atoms with Crippen molar-refractivity contribution in [1.29, 1.82) is 0 Å². The average Bonchev–Trinajstić information content (AvgIpc) is 3.25. The highest BCUT2D eigenvalue weighted by Crippen LogP contribution is 2.38. The molecule has 0 radical (unpaired) electrons. The second kappa shape index (κ2) is 10.1. The van der Waals surface area contributed by atoms with E-state index in [2.05, 4.69) is 16.9 Å². The lowest BCUT2D eigenvalue weighted by Crippen LogP contribution is -2.09. The fraction of sp³-hybridized carbons (Fsp3) is 0.0690. The van der Waals surface area contributed by atoms with Gasteiger partial charge in [0.25, 0.3) is 0 Å². The molecule has 196 valence electrons. The van der Waals surface area contributed by atoms with Gasteiger partial charge >= 0.3 is 6.18 Å². The number of alkyl halides is 3. The van der Waals surface area contributed by atoms with E-state index in [0.717, 1.165) is 10.7 Å². The largest absolute Gasteiger partial charge is 0.418 e. The highest BCUT2D eigenvalue weighted by Gasteiger charge is 2.34. The van der Waals surface area contributed by atoms with Crippen LogP contribution in [0.25, 0.3) is 22.2 Å². The molecule has 0 aliphatic heterocycles. The first-order valence-electron chi connectivity index (χ1n) is 11.3. The van der Waals surface area contributed by atoms with Crippen LogP contribution in [0.2, 0.25) is 5.02 Å². The highest BCUT2D eigenvalue weighted by atomic mass is 35.5. The Morgan fingerprint density at radius 2 is 1.49 bits per heavy atom. The third-order valence-corrected chi connectivity index (χ3v) is 6.23. The van der Waals surface area contributed by atoms with Crippen LogP contribution in [-0.4, -0.2) is 9.78 Å². The molecule has 1 aromatic heterocycles. The smallest absolute Gasteiger partial charge is 0.259 e. The molecule has 0 aliphatic carbocycles. The van der Waals surface area contributed by atoms with E-state index >= 15 is 0 Å². The van der Waals surface area contributed by atoms with Gasteiger partial charge in [-0.2, -0.15) is 18.3 Å². The van der Waals surface area contributed by atoms with Gasteiger partial charge in [0.15, 0.2) is 5.82 Å². The van der Waals surface area contributed by atoms with Crippen molar-refractivity contribution in [2.24, 2.45) is 0 Å². The van der Waals surface area contributed by atoms with Crippen molar-refractivity contribution in [3.63, 3.8) is 0 Å². The fourth-order valence-corrected chi connectivity index (χ4v) is 4.30. The van der Waals surface area contributed by atoms with E-state index in [1.807, 2.05) is 0 Å². The number of halogens is 8. The molecule has 0 amide bonds. The van der Waals surface area contributed by atoms with E-state index in [1.165, 1.54) is 24.3 Å². The van der Waals surface area contributed by atoms with Crippen molar-refractivity contribution < 1.29 is 30.7 Å². The van der Waals surface area contributed by atoms with Crippen LogP contribution in [0.1, 0.15) is 22.3 Å². The number of aromatic nitrogens is 2. The topological polar surface area (TPSA) is 17.8 Å². The normalized spacial score (nSPS) is 11.5. The summed E-state index contributed by atoms with van der Waals surface area (Å²) in [5, 5.41) is 4.07. The van der Waals surface area contributed by atoms with Crippen molar-refractivity contribution >= 4 is 22.5 Å². The number of fused-ring (bicyclic) bond motifs is 1. The highest BCUT2D eigenvalue weighted by molar-refractivity contribution is 6.30. The first kappa shape index (κ1) is 26.3. The minimum Gasteiger partial charge on any atom is -0.259 e. The molecule has 0 bridgehead atoms. The van der Waals surface area contributed by atoms with E-state index in [0.29, 0.717) is 23.3 Å². The minimum absolute atomic E-state index is 0.0791. The van der Waals surface area contributed by atoms with Gasteiger partial charge in [0.05, 0.1) is 28.4 Å². The van der Waals surface area contributed by atoms with Gasteiger partial charge < -0.3 is 0 Å². The predicted octanol–water partition coefficient (Wildman–Crippen LogP) is 8.38. The van der Waals surface area contributed by atoms with Crippen molar-refractivity contribution in [2.45, 2.75) is 12.7 Å². The van der Waals surface area contributed by atoms with E-state index in [1.54, 1.807) is 30.3 Å². The van der Waals surface area contributed by atoms with Crippen LogP contribution >= 0.6 is 11.6 Å². The van der Waals surface area contributed by atoms with Crippen molar-refractivity contribution in [3.05, 3.63) is 123 Å². The fourth-order valence-electron chi connectivity index (χ4n) is 4.12. The SMILES string of the molecule is Fc1cc(F)c(Cn2nc3c(C(F)(F)F)cccc3c2-c2ccc(C#Cc3cccc(Cl)c3F)cc2)c(F)c1. The van der Waals surface area contributed by atoms with Crippen molar-refractivity contribution in [2.75, 3.05) is 0 Å². The molecule has 4 aromatic carbocycles. The molecule has 0 fully saturated rings. The van der Waals surface area contributed by atoms with Crippen LogP contribution in [0, 0.1) is 35.1 Å². The zero-order valence-corrected chi connectivity index (χ0v) is 20.3. The summed E-state index contributed by atoms with van der Waals surface area (Å²) in [6.45, 7) is -0.602. The van der Waals surface area contributed by atoms with E-state index in [4.69, 9.17) is 11.6 Å². The predicted molar refractivity (Wildman–Crippen MR) is 133 cm³/mol. The molecule has 0 aliphatic rings. The summed E-state index contributed by atoms with van der Waals surface area (Å²) < 4.78 is 98.7. The molecule has 0 spiro atoms. The van der Waals surface area contributed by atoms with Gasteiger partial charge in [0.1, 0.15) is 23.0 Å². The minimum atomic E-state index is -4.74. The summed E-state index contributed by atoms with van der Waals surface area (Å²) in [6, 6.07) is 15.0. The molecule has 10 heteroatoms. The summed E-state index contributed by atoms with van der Waals surface area (Å²) in [5.74, 6) is 1.26. The Bertz CT molecular complexity index is 1760. The lowest BCUT2D eigenvalue weighted by atomic mass is 10.0. The van der Waals surface area contributed by atoms with Gasteiger partial charge in [-0.05, 0) is 30.3 Å². The lowest BCUT2D eigenvalue weighted by molar-refractivity contribution is -0.136. The monoisotopic (exact) mass is 558 g/mol. The summed E-state index contributed by atoms with van der Waals surface area (Å²) in [6.07, 6.45) is -4.74. The van der Waals surface area contributed by atoms with E-state index < -0.39 is 52.6 Å². The van der Waals surface area contributed by atoms with E-state index in [9.17, 15) is 30.7 Å². The third-order valence-electron chi connectivity index (χ3n) is 5.94. The first-order valence-corrected chi connectivity index (χ1v) is 11.7. The van der Waals surface area contributed by atoms with Gasteiger partial charge in [-0.15, -0.1) is 0 Å². The number of hydrogen-bond donors (Lipinski definition) is 0. The second-order valence-electron chi connectivity index (χ2n) is 8.48. The molecule has 0 atom stereocenters. The molecule has 0 unspecified atom stereocenters. The molecule has 2 nitrogen and oxygen atoms in total. The summed E-state index contributed by atoms with van der Waals surface area (Å²) >= 11 is 5.77. The maximum Gasteiger partial charge on any atom is 0.418 e. The molecular weight excluding hydrogens is 545 g/mol. The lowest BCUT2D eigenvalue weighted by Gasteiger charge is -2.10. The van der Waals surface area contributed by atoms with Crippen molar-refractivity contribution in [1.82, 2.24) is 9.78 Å². The Balaban J connectivity index is 1.62. The van der Waals surface area contributed by atoms with Gasteiger partial charge in [0.2, 0.25) is 0 Å². The zero-order chi connectivity index (χ0) is 27.9. The van der Waals surface area contributed by atoms with E-state index in [-0.39, 0.29) is 21.7 Å². The summed E-state index contributed by atoms with van der Waals surface area (Å²) in [5.41, 5.74) is -0.933. The Kier molecular flexibility index (Phi) is 6.83. The van der Waals surface area contributed by atoms with Crippen LogP contribution < -0.4 is 0 Å². The standard InChI is InChI=1S/C29H14ClF7N2/c30-23-6-1-3-17(26(23)34)10-7-16-8-11-18(12-9-16)28-20-4-2-5-22(29(35,36)37)27(20)38-39(28)15-21-24(32)13-19(31)14-25(21)33/h1-6,8-9,11-14H,15H2. The van der Waals surface area contributed by atoms with Gasteiger partial charge in [0, 0.05) is 34.2 Å². The molecule has 5 rings (SSSR count). The van der Waals surface area contributed by atoms with Gasteiger partial charge in [-0.25, -0.2) is 17.6 Å². The molecule has 0 N–H and O–H groups in total. The number of hydrogen-bond acceptors (Lipinski definition) is 1. The number of rotatable bonds is 3. The quantitative estimate of drug-likeness (QED) is 0.161. The Morgan fingerprint density at radius 3 is 2.15 bits per heavy atom. The van der Waals surface area contributed by atoms with Crippen LogP contribution in [0.5, 0.6) is 0 Å². The van der Waals surface area contributed by atoms with Crippen LogP contribution in [0.15, 0.2) is 72.8 Å². The number of benzene rings is 4. The van der Waals surface area contributed by atoms with Crippen molar-refractivity contribution in [3.8, 4) is 23.1 Å². The molecular formula is C29H14ClF7N2. The summed E-state index contributed by atoms with van der Waals surface area (Å²) in [7, 11) is 0. The molecule has 0 saturated heterocycles. The van der Waals surface area contributed by atoms with Gasteiger partial charge in [-0.1, -0.05) is 53.8 Å². The van der Waals surface area contributed by atoms with Gasteiger partial charge in [-0.3, -0.25) is 4.68 Å². The second-order valence-corrected chi connectivity index (χ2v) is 8.89. The average molecular weight is 559 g/mol. The molecule has 0 saturated carbocycles.